The molecule has 8 nitrogen and oxygen atoms in total. The fourth-order valence-corrected chi connectivity index (χ4v) is 2.41. The number of rotatable bonds is 10. The number of methoxy groups -OCH3 is 1. The summed E-state index contributed by atoms with van der Waals surface area (Å²) in [5, 5.41) is 14.6. The Morgan fingerprint density at radius 3 is 2.96 bits per heavy atom. The summed E-state index contributed by atoms with van der Waals surface area (Å²) in [6.07, 6.45) is 3.48. The van der Waals surface area contributed by atoms with Crippen molar-refractivity contribution in [2.24, 2.45) is 4.99 Å². The Labute approximate surface area is 154 Å². The molecule has 0 aliphatic rings. The van der Waals surface area contributed by atoms with Gasteiger partial charge in [-0.3, -0.25) is 4.99 Å². The Hall–Kier alpha value is -2.61. The van der Waals surface area contributed by atoms with Crippen LogP contribution in [0.2, 0.25) is 0 Å². The summed E-state index contributed by atoms with van der Waals surface area (Å²) in [4.78, 5) is 4.26. The minimum atomic E-state index is 0.628. The minimum absolute atomic E-state index is 0.628. The van der Waals surface area contributed by atoms with Crippen LogP contribution in [0.5, 0.6) is 5.75 Å². The largest absolute Gasteiger partial charge is 0.493 e. The van der Waals surface area contributed by atoms with Crippen molar-refractivity contribution < 1.29 is 9.47 Å². The van der Waals surface area contributed by atoms with Gasteiger partial charge in [-0.15, -0.1) is 10.2 Å². The monoisotopic (exact) mass is 360 g/mol. The van der Waals surface area contributed by atoms with Crippen LogP contribution in [0.4, 0.5) is 5.69 Å². The van der Waals surface area contributed by atoms with Crippen molar-refractivity contribution >= 4 is 11.6 Å². The van der Waals surface area contributed by atoms with E-state index in [9.17, 15) is 0 Å². The molecule has 26 heavy (non-hydrogen) atoms. The van der Waals surface area contributed by atoms with Crippen molar-refractivity contribution in [1.29, 1.82) is 0 Å². The van der Waals surface area contributed by atoms with Gasteiger partial charge in [-0.25, -0.2) is 0 Å². The van der Waals surface area contributed by atoms with E-state index in [0.717, 1.165) is 43.2 Å². The van der Waals surface area contributed by atoms with Gasteiger partial charge in [-0.05, 0) is 12.1 Å². The van der Waals surface area contributed by atoms with Gasteiger partial charge < -0.3 is 24.7 Å². The second kappa shape index (κ2) is 11.1. The predicted octanol–water partition coefficient (Wildman–Crippen LogP) is 1.94. The molecule has 0 radical (unpaired) electrons. The predicted molar refractivity (Wildman–Crippen MR) is 103 cm³/mol. The van der Waals surface area contributed by atoms with E-state index in [-0.39, 0.29) is 0 Å². The minimum Gasteiger partial charge on any atom is -0.493 e. The van der Waals surface area contributed by atoms with Gasteiger partial charge in [0.1, 0.15) is 17.9 Å². The maximum atomic E-state index is 5.72. The lowest BCUT2D eigenvalue weighted by Gasteiger charge is -2.13. The molecule has 1 heterocycles. The number of hydrogen-bond acceptors (Lipinski definition) is 5. The number of hydrogen-bond donors (Lipinski definition) is 2. The van der Waals surface area contributed by atoms with E-state index in [2.05, 4.69) is 32.7 Å². The lowest BCUT2D eigenvalue weighted by atomic mass is 10.3. The van der Waals surface area contributed by atoms with Crippen LogP contribution in [-0.2, 0) is 17.7 Å². The van der Waals surface area contributed by atoms with Crippen molar-refractivity contribution in [3.8, 4) is 5.75 Å². The lowest BCUT2D eigenvalue weighted by molar-refractivity contribution is 0.172. The first-order valence-electron chi connectivity index (χ1n) is 8.83. The summed E-state index contributed by atoms with van der Waals surface area (Å²) < 4.78 is 12.8. The van der Waals surface area contributed by atoms with E-state index in [4.69, 9.17) is 9.47 Å². The quantitative estimate of drug-likeness (QED) is 0.383. The SMILES string of the molecule is CCc1nncn1CCNC(=NC)Nc1cccc(OCCCOC)c1. The fraction of sp³-hybridized carbons (Fsp3) is 0.500. The number of anilines is 1. The highest BCUT2D eigenvalue weighted by Gasteiger charge is 2.04. The standard InChI is InChI=1S/C18H28N6O2/c1-4-17-23-21-14-24(17)10-9-20-18(19-2)22-15-7-5-8-16(13-15)26-12-6-11-25-3/h5,7-8,13-14H,4,6,9-12H2,1-3H3,(H2,19,20,22). The molecule has 2 rings (SSSR count). The smallest absolute Gasteiger partial charge is 0.195 e. The van der Waals surface area contributed by atoms with E-state index >= 15 is 0 Å². The van der Waals surface area contributed by atoms with Crippen LogP contribution in [0, 0.1) is 0 Å². The molecule has 1 aromatic carbocycles. The van der Waals surface area contributed by atoms with Crippen molar-refractivity contribution in [2.75, 3.05) is 39.2 Å². The average Bonchev–Trinajstić information content (AvgIpc) is 3.12. The molecule has 0 spiro atoms. The van der Waals surface area contributed by atoms with Crippen LogP contribution in [0.3, 0.4) is 0 Å². The highest BCUT2D eigenvalue weighted by atomic mass is 16.5. The zero-order valence-corrected chi connectivity index (χ0v) is 15.7. The maximum absolute atomic E-state index is 5.72. The third-order valence-electron chi connectivity index (χ3n) is 3.74. The van der Waals surface area contributed by atoms with Gasteiger partial charge in [0.15, 0.2) is 5.96 Å². The number of aryl methyl sites for hydroxylation is 1. The average molecular weight is 360 g/mol. The molecule has 142 valence electrons. The molecule has 0 aliphatic heterocycles. The number of nitrogens with zero attached hydrogens (tertiary/aromatic N) is 4. The molecule has 1 aromatic heterocycles. The molecular weight excluding hydrogens is 332 g/mol. The number of guanidine groups is 1. The molecule has 0 fully saturated rings. The van der Waals surface area contributed by atoms with Crippen molar-refractivity contribution in [3.05, 3.63) is 36.4 Å². The molecule has 0 saturated carbocycles. The highest BCUT2D eigenvalue weighted by Crippen LogP contribution is 2.17. The number of ether oxygens (including phenoxy) is 2. The summed E-state index contributed by atoms with van der Waals surface area (Å²) in [7, 11) is 3.44. The topological polar surface area (TPSA) is 85.6 Å². The summed E-state index contributed by atoms with van der Waals surface area (Å²) in [6.45, 7) is 4.89. The Balaban J connectivity index is 1.81. The van der Waals surface area contributed by atoms with Gasteiger partial charge in [-0.2, -0.15) is 0 Å². The first-order valence-corrected chi connectivity index (χ1v) is 8.83. The van der Waals surface area contributed by atoms with Crippen LogP contribution in [0.25, 0.3) is 0 Å². The van der Waals surface area contributed by atoms with Gasteiger partial charge in [0, 0.05) is 58.4 Å². The van der Waals surface area contributed by atoms with Gasteiger partial charge >= 0.3 is 0 Å². The van der Waals surface area contributed by atoms with Gasteiger partial charge in [0.25, 0.3) is 0 Å². The van der Waals surface area contributed by atoms with Gasteiger partial charge in [0.2, 0.25) is 0 Å². The van der Waals surface area contributed by atoms with Crippen LogP contribution < -0.4 is 15.4 Å². The second-order valence-electron chi connectivity index (χ2n) is 5.64. The van der Waals surface area contributed by atoms with E-state index in [1.165, 1.54) is 0 Å². The third kappa shape index (κ3) is 6.36. The van der Waals surface area contributed by atoms with Crippen molar-refractivity contribution in [2.45, 2.75) is 26.3 Å². The summed E-state index contributed by atoms with van der Waals surface area (Å²) in [5.74, 6) is 2.50. The van der Waals surface area contributed by atoms with Crippen LogP contribution in [0.1, 0.15) is 19.2 Å². The number of aromatic nitrogens is 3. The zero-order chi connectivity index (χ0) is 18.6. The van der Waals surface area contributed by atoms with E-state index in [1.807, 2.05) is 28.8 Å². The molecule has 0 amide bonds. The Morgan fingerprint density at radius 1 is 1.31 bits per heavy atom. The van der Waals surface area contributed by atoms with Crippen LogP contribution >= 0.6 is 0 Å². The van der Waals surface area contributed by atoms with E-state index in [0.29, 0.717) is 19.2 Å². The summed E-state index contributed by atoms with van der Waals surface area (Å²) >= 11 is 0. The number of aliphatic imine (C=N–C) groups is 1. The zero-order valence-electron chi connectivity index (χ0n) is 15.7. The number of nitrogens with one attached hydrogen (secondary N) is 2. The second-order valence-corrected chi connectivity index (χ2v) is 5.64. The normalized spacial score (nSPS) is 11.4. The number of benzene rings is 1. The summed E-state index contributed by atoms with van der Waals surface area (Å²) in [5.41, 5.74) is 0.917. The first-order chi connectivity index (χ1) is 12.8. The van der Waals surface area contributed by atoms with Crippen LogP contribution in [-0.4, -0.2) is 54.6 Å². The fourth-order valence-electron chi connectivity index (χ4n) is 2.41. The molecule has 8 heteroatoms. The first kappa shape index (κ1) is 19.7. The molecular formula is C18H28N6O2. The molecule has 0 unspecified atom stereocenters. The lowest BCUT2D eigenvalue weighted by Crippen LogP contribution is -2.33. The van der Waals surface area contributed by atoms with Crippen molar-refractivity contribution in [1.82, 2.24) is 20.1 Å². The van der Waals surface area contributed by atoms with Gasteiger partial charge in [-0.1, -0.05) is 13.0 Å². The van der Waals surface area contributed by atoms with Crippen LogP contribution in [0.15, 0.2) is 35.6 Å². The maximum Gasteiger partial charge on any atom is 0.195 e. The molecule has 0 saturated heterocycles. The Morgan fingerprint density at radius 2 is 2.19 bits per heavy atom. The summed E-state index contributed by atoms with van der Waals surface area (Å²) in [6, 6.07) is 7.82. The molecule has 0 atom stereocenters. The molecule has 0 aliphatic carbocycles. The Kier molecular flexibility index (Phi) is 8.41. The highest BCUT2D eigenvalue weighted by molar-refractivity contribution is 5.93. The molecule has 0 bridgehead atoms. The molecule has 2 N–H and O–H groups in total. The Bertz CT molecular complexity index is 686. The molecule has 2 aromatic rings. The van der Waals surface area contributed by atoms with Crippen molar-refractivity contribution in [3.63, 3.8) is 0 Å². The van der Waals surface area contributed by atoms with E-state index < -0.39 is 0 Å². The van der Waals surface area contributed by atoms with E-state index in [1.54, 1.807) is 20.5 Å². The third-order valence-corrected chi connectivity index (χ3v) is 3.74. The van der Waals surface area contributed by atoms with Gasteiger partial charge in [0.05, 0.1) is 6.61 Å².